The summed E-state index contributed by atoms with van der Waals surface area (Å²) < 4.78 is 0. The topological polar surface area (TPSA) is 29.1 Å². The van der Waals surface area contributed by atoms with E-state index in [0.717, 1.165) is 0 Å². The van der Waals surface area contributed by atoms with E-state index < -0.39 is 0 Å². The van der Waals surface area contributed by atoms with E-state index in [1.807, 2.05) is 0 Å². The molecule has 0 aromatic heterocycles. The highest BCUT2D eigenvalue weighted by atomic mass is 35.5. The van der Waals surface area contributed by atoms with Gasteiger partial charge in [0, 0.05) is 10.3 Å². The van der Waals surface area contributed by atoms with E-state index in [0.29, 0.717) is 5.02 Å². The first-order valence-electron chi connectivity index (χ1n) is 2.49. The molecule has 10 heavy (non-hydrogen) atoms. The normalized spacial score (nSPS) is 9.50. The van der Waals surface area contributed by atoms with E-state index in [4.69, 9.17) is 23.2 Å². The predicted molar refractivity (Wildman–Crippen MR) is 37.8 cm³/mol. The molecule has 1 rings (SSSR count). The molecule has 1 aromatic rings. The number of benzene rings is 1. The van der Waals surface area contributed by atoms with Crippen LogP contribution < -0.4 is 4.89 Å². The summed E-state index contributed by atoms with van der Waals surface area (Å²) >= 11 is 11.1. The molecule has 0 saturated heterocycles. The lowest BCUT2D eigenvalue weighted by Crippen LogP contribution is -1.81. The maximum atomic E-state index is 9.84. The van der Waals surface area contributed by atoms with Crippen LogP contribution in [0.25, 0.3) is 0 Å². The van der Waals surface area contributed by atoms with Crippen molar-refractivity contribution < 1.29 is 10.1 Å². The second-order valence-corrected chi connectivity index (χ2v) is 2.50. The Kier molecular flexibility index (Phi) is 2.38. The molecule has 0 aliphatic heterocycles. The highest BCUT2D eigenvalue weighted by molar-refractivity contribution is 6.35. The Morgan fingerprint density at radius 3 is 2.50 bits per heavy atom. The van der Waals surface area contributed by atoms with Crippen molar-refractivity contribution in [2.24, 2.45) is 0 Å². The summed E-state index contributed by atoms with van der Waals surface area (Å²) in [5.74, 6) is 0.0890. The Balaban J connectivity index is 3.07. The van der Waals surface area contributed by atoms with Crippen LogP contribution in [-0.4, -0.2) is 0 Å². The highest BCUT2D eigenvalue weighted by Gasteiger charge is 2.00. The molecule has 0 N–H and O–H groups in total. The van der Waals surface area contributed by atoms with Crippen LogP contribution in [0.4, 0.5) is 0 Å². The summed E-state index contributed by atoms with van der Waals surface area (Å²) in [4.78, 5) is 3.66. The molecule has 0 heterocycles. The minimum atomic E-state index is 0.0890. The van der Waals surface area contributed by atoms with Gasteiger partial charge in [-0.15, -0.1) is 0 Å². The first-order valence-corrected chi connectivity index (χ1v) is 3.24. The second-order valence-electron chi connectivity index (χ2n) is 1.66. The number of hydrogen-bond acceptors (Lipinski definition) is 1. The number of hydrogen-bond donors (Lipinski definition) is 0. The molecule has 0 saturated carbocycles. The van der Waals surface area contributed by atoms with E-state index in [9.17, 15) is 5.26 Å². The van der Waals surface area contributed by atoms with Gasteiger partial charge in [0.05, 0.1) is 5.02 Å². The van der Waals surface area contributed by atoms with Crippen LogP contribution in [0.3, 0.4) is 0 Å². The van der Waals surface area contributed by atoms with Gasteiger partial charge < -0.3 is 4.89 Å². The third-order valence-electron chi connectivity index (χ3n) is 0.984. The summed E-state index contributed by atoms with van der Waals surface area (Å²) in [7, 11) is 0. The van der Waals surface area contributed by atoms with Crippen molar-refractivity contribution in [3.63, 3.8) is 0 Å². The molecule has 0 unspecified atom stereocenters. The van der Waals surface area contributed by atoms with Crippen LogP contribution in [-0.2, 0) is 5.26 Å². The Morgan fingerprint density at radius 2 is 2.00 bits per heavy atom. The first kappa shape index (κ1) is 7.66. The lowest BCUT2D eigenvalue weighted by molar-refractivity contribution is -0.208. The average Bonchev–Trinajstić information content (AvgIpc) is 1.88. The molecule has 1 radical (unpaired) electrons. The molecule has 1 aromatic carbocycles. The third kappa shape index (κ3) is 1.53. The van der Waals surface area contributed by atoms with E-state index in [-0.39, 0.29) is 10.8 Å². The van der Waals surface area contributed by atoms with Crippen molar-refractivity contribution in [1.82, 2.24) is 0 Å². The van der Waals surface area contributed by atoms with Crippen molar-refractivity contribution in [3.8, 4) is 5.75 Å². The first-order chi connectivity index (χ1) is 4.74. The largest absolute Gasteiger partial charge is 0.304 e. The Bertz CT molecular complexity index is 237. The van der Waals surface area contributed by atoms with E-state index in [2.05, 4.69) is 4.89 Å². The molecule has 0 amide bonds. The molecule has 0 spiro atoms. The van der Waals surface area contributed by atoms with Gasteiger partial charge in [-0.2, -0.15) is 0 Å². The molecule has 0 bridgehead atoms. The van der Waals surface area contributed by atoms with Crippen molar-refractivity contribution in [3.05, 3.63) is 28.2 Å². The van der Waals surface area contributed by atoms with Gasteiger partial charge in [0.25, 0.3) is 0 Å². The van der Waals surface area contributed by atoms with Crippen molar-refractivity contribution in [2.45, 2.75) is 0 Å². The Morgan fingerprint density at radius 1 is 1.30 bits per heavy atom. The molecular weight excluding hydrogens is 175 g/mol. The lowest BCUT2D eigenvalue weighted by Gasteiger charge is -1.96. The molecular formula is C6H3Cl2O2. The Labute approximate surface area is 67.9 Å². The minimum Gasteiger partial charge on any atom is -0.304 e. The Hall–Kier alpha value is -0.440. The smallest absolute Gasteiger partial charge is 0.187 e. The lowest BCUT2D eigenvalue weighted by atomic mass is 10.3. The van der Waals surface area contributed by atoms with Gasteiger partial charge >= 0.3 is 0 Å². The maximum absolute atomic E-state index is 9.84. The zero-order valence-corrected chi connectivity index (χ0v) is 6.32. The maximum Gasteiger partial charge on any atom is 0.187 e. The van der Waals surface area contributed by atoms with Crippen LogP contribution in [0, 0.1) is 0 Å². The zero-order chi connectivity index (χ0) is 7.56. The highest BCUT2D eigenvalue weighted by Crippen LogP contribution is 2.26. The number of halogens is 2. The van der Waals surface area contributed by atoms with Gasteiger partial charge in [-0.1, -0.05) is 23.2 Å². The summed E-state index contributed by atoms with van der Waals surface area (Å²) in [6, 6.07) is 4.38. The molecule has 2 nitrogen and oxygen atoms in total. The van der Waals surface area contributed by atoms with Gasteiger partial charge in [0.15, 0.2) is 5.75 Å². The van der Waals surface area contributed by atoms with Crippen LogP contribution in [0.15, 0.2) is 18.2 Å². The second kappa shape index (κ2) is 3.10. The van der Waals surface area contributed by atoms with Crippen LogP contribution in [0.1, 0.15) is 0 Å². The van der Waals surface area contributed by atoms with Crippen LogP contribution in [0.2, 0.25) is 10.0 Å². The minimum absolute atomic E-state index is 0.0890. The molecule has 0 atom stereocenters. The SMILES string of the molecule is [O]Oc1ccc(Cl)cc1Cl. The monoisotopic (exact) mass is 177 g/mol. The number of rotatable bonds is 1. The van der Waals surface area contributed by atoms with Gasteiger partial charge in [-0.3, -0.25) is 0 Å². The van der Waals surface area contributed by atoms with Crippen LogP contribution in [0.5, 0.6) is 5.75 Å². The predicted octanol–water partition coefficient (Wildman–Crippen LogP) is 2.72. The van der Waals surface area contributed by atoms with E-state index >= 15 is 0 Å². The molecule has 4 heteroatoms. The summed E-state index contributed by atoms with van der Waals surface area (Å²) in [6.45, 7) is 0. The van der Waals surface area contributed by atoms with Crippen molar-refractivity contribution >= 4 is 23.2 Å². The van der Waals surface area contributed by atoms with Crippen molar-refractivity contribution in [2.75, 3.05) is 0 Å². The summed E-state index contributed by atoms with van der Waals surface area (Å²) in [5.41, 5.74) is 0. The fraction of sp³-hybridized carbons (Fsp3) is 0. The summed E-state index contributed by atoms with van der Waals surface area (Å²) in [6.07, 6.45) is 0. The van der Waals surface area contributed by atoms with Gasteiger partial charge in [0.2, 0.25) is 0 Å². The summed E-state index contributed by atoms with van der Waals surface area (Å²) in [5, 5.41) is 10.5. The van der Waals surface area contributed by atoms with Crippen molar-refractivity contribution in [1.29, 1.82) is 0 Å². The zero-order valence-electron chi connectivity index (χ0n) is 4.80. The van der Waals surface area contributed by atoms with Crippen LogP contribution >= 0.6 is 23.2 Å². The molecule has 0 fully saturated rings. The van der Waals surface area contributed by atoms with E-state index in [1.54, 1.807) is 0 Å². The third-order valence-corrected chi connectivity index (χ3v) is 1.51. The molecule has 53 valence electrons. The van der Waals surface area contributed by atoms with E-state index in [1.165, 1.54) is 18.2 Å². The molecule has 0 aliphatic carbocycles. The van der Waals surface area contributed by atoms with Gasteiger partial charge in [-0.25, -0.2) is 0 Å². The average molecular weight is 178 g/mol. The van der Waals surface area contributed by atoms with Gasteiger partial charge in [-0.05, 0) is 18.2 Å². The fourth-order valence-corrected chi connectivity index (χ4v) is 0.983. The quantitative estimate of drug-likeness (QED) is 0.480. The standard InChI is InChI=1S/C6H3Cl2O2/c7-4-1-2-6(10-9)5(8)3-4/h1-3H. The fourth-order valence-electron chi connectivity index (χ4n) is 0.543. The van der Waals surface area contributed by atoms with Gasteiger partial charge in [0.1, 0.15) is 0 Å². The molecule has 0 aliphatic rings.